The van der Waals surface area contributed by atoms with E-state index in [-0.39, 0.29) is 42.0 Å². The predicted molar refractivity (Wildman–Crippen MR) is 113 cm³/mol. The highest BCUT2D eigenvalue weighted by Crippen LogP contribution is 2.49. The highest BCUT2D eigenvalue weighted by atomic mass is 19.4. The van der Waals surface area contributed by atoms with Crippen molar-refractivity contribution in [2.24, 2.45) is 0 Å². The Morgan fingerprint density at radius 2 is 1.58 bits per heavy atom. The van der Waals surface area contributed by atoms with Crippen molar-refractivity contribution in [2.45, 2.75) is 43.1 Å². The van der Waals surface area contributed by atoms with Crippen LogP contribution in [0.1, 0.15) is 36.1 Å². The van der Waals surface area contributed by atoms with E-state index in [0.717, 1.165) is 4.90 Å². The lowest BCUT2D eigenvalue weighted by Crippen LogP contribution is -2.62. The fourth-order valence-corrected chi connectivity index (χ4v) is 4.22. The maximum Gasteiger partial charge on any atom is 0.428 e. The van der Waals surface area contributed by atoms with Crippen molar-refractivity contribution in [3.63, 3.8) is 0 Å². The van der Waals surface area contributed by atoms with E-state index in [2.05, 4.69) is 4.84 Å². The molecule has 4 rings (SSSR count). The lowest BCUT2D eigenvalue weighted by Gasteiger charge is -2.46. The van der Waals surface area contributed by atoms with E-state index in [9.17, 15) is 45.0 Å². The Kier molecular flexibility index (Phi) is 6.31. The number of hydroxylamine groups is 1. The van der Waals surface area contributed by atoms with Gasteiger partial charge in [-0.05, 0) is 43.2 Å². The SMILES string of the molecule is CC(C)(O)C(=O)N1CC(F)(c2ccc(C3=CC(c4cc(F)c(F)c(C(F)(F)F)c4)(C(F)(F)F)ON3)cc2)C1. The third-order valence-electron chi connectivity index (χ3n) is 6.26. The monoisotopic (exact) mass is 554 g/mol. The molecule has 2 aromatic carbocycles. The number of halogens is 9. The van der Waals surface area contributed by atoms with Gasteiger partial charge in [0.05, 0.1) is 24.4 Å². The molecule has 1 atom stereocenters. The Bertz CT molecular complexity index is 1290. The zero-order valence-electron chi connectivity index (χ0n) is 19.6. The summed E-state index contributed by atoms with van der Waals surface area (Å²) in [6.45, 7) is 1.76. The fraction of sp³-hybridized carbons (Fsp3) is 0.375. The number of likely N-dealkylation sites (tertiary alicyclic amines) is 1. The number of nitrogens with one attached hydrogen (secondary N) is 1. The van der Waals surface area contributed by atoms with Gasteiger partial charge in [-0.3, -0.25) is 15.1 Å². The van der Waals surface area contributed by atoms with Crippen molar-refractivity contribution < 1.29 is 54.3 Å². The summed E-state index contributed by atoms with van der Waals surface area (Å²) >= 11 is 0. The molecule has 38 heavy (non-hydrogen) atoms. The van der Waals surface area contributed by atoms with E-state index in [1.54, 1.807) is 0 Å². The molecule has 0 saturated carbocycles. The van der Waals surface area contributed by atoms with E-state index in [1.807, 2.05) is 5.48 Å². The highest BCUT2D eigenvalue weighted by Gasteiger charge is 2.60. The zero-order valence-corrected chi connectivity index (χ0v) is 19.6. The largest absolute Gasteiger partial charge is 0.428 e. The van der Waals surface area contributed by atoms with Gasteiger partial charge in [0, 0.05) is 5.56 Å². The fourth-order valence-electron chi connectivity index (χ4n) is 4.22. The molecule has 1 fully saturated rings. The molecule has 0 aromatic heterocycles. The first-order valence-electron chi connectivity index (χ1n) is 10.9. The normalized spacial score (nSPS) is 21.6. The van der Waals surface area contributed by atoms with Gasteiger partial charge in [-0.1, -0.05) is 24.3 Å². The Morgan fingerprint density at radius 3 is 2.08 bits per heavy atom. The molecule has 0 spiro atoms. The zero-order chi connectivity index (χ0) is 28.5. The van der Waals surface area contributed by atoms with Crippen molar-refractivity contribution in [1.29, 1.82) is 0 Å². The standard InChI is InChI=1S/C24H19F9N2O3/c1-20(2,37)19(36)35-10-21(27,11-35)13-5-3-12(4-6-13)17-9-22(38-34-17,24(31,32)33)14-7-15(23(28,29)30)18(26)16(25)8-14/h3-9,34,37H,10-11H2,1-2H3. The van der Waals surface area contributed by atoms with Gasteiger partial charge in [-0.15, -0.1) is 0 Å². The van der Waals surface area contributed by atoms with E-state index < -0.39 is 57.9 Å². The second-order valence-electron chi connectivity index (χ2n) is 9.58. The minimum atomic E-state index is -5.49. The summed E-state index contributed by atoms with van der Waals surface area (Å²) in [4.78, 5) is 17.8. The van der Waals surface area contributed by atoms with Gasteiger partial charge in [0.2, 0.25) is 5.60 Å². The van der Waals surface area contributed by atoms with Gasteiger partial charge in [-0.2, -0.15) is 26.3 Å². The second kappa shape index (κ2) is 8.63. The molecular weight excluding hydrogens is 535 g/mol. The van der Waals surface area contributed by atoms with Gasteiger partial charge in [0.1, 0.15) is 5.60 Å². The van der Waals surface area contributed by atoms with Crippen LogP contribution < -0.4 is 5.48 Å². The van der Waals surface area contributed by atoms with Crippen LogP contribution >= 0.6 is 0 Å². The van der Waals surface area contributed by atoms with Crippen LogP contribution in [-0.2, 0) is 27.1 Å². The average molecular weight is 554 g/mol. The van der Waals surface area contributed by atoms with E-state index in [0.29, 0.717) is 6.08 Å². The van der Waals surface area contributed by atoms with Crippen molar-refractivity contribution in [2.75, 3.05) is 13.1 Å². The lowest BCUT2D eigenvalue weighted by atomic mass is 9.85. The summed E-state index contributed by atoms with van der Waals surface area (Å²) in [5.74, 6) is -5.20. The number of carbonyl (C=O) groups excluding carboxylic acids is 1. The minimum absolute atomic E-state index is 0.00542. The number of hydrogen-bond acceptors (Lipinski definition) is 4. The Labute approximate surface area is 209 Å². The van der Waals surface area contributed by atoms with Crippen LogP contribution in [0.4, 0.5) is 39.5 Å². The summed E-state index contributed by atoms with van der Waals surface area (Å²) in [5.41, 5.74) is -9.23. The molecular formula is C24H19F9N2O3. The van der Waals surface area contributed by atoms with Gasteiger partial charge in [0.25, 0.3) is 5.91 Å². The smallest absolute Gasteiger partial charge is 0.381 e. The summed E-state index contributed by atoms with van der Waals surface area (Å²) in [5, 5.41) is 9.77. The van der Waals surface area contributed by atoms with Gasteiger partial charge < -0.3 is 10.0 Å². The Hall–Kier alpha value is -3.26. The molecule has 2 aliphatic heterocycles. The summed E-state index contributed by atoms with van der Waals surface area (Å²) < 4.78 is 125. The van der Waals surface area contributed by atoms with Crippen LogP contribution in [-0.4, -0.2) is 40.8 Å². The molecule has 0 aliphatic carbocycles. The van der Waals surface area contributed by atoms with Crippen molar-refractivity contribution in [1.82, 2.24) is 10.4 Å². The molecule has 14 heteroatoms. The molecule has 0 radical (unpaired) electrons. The topological polar surface area (TPSA) is 61.8 Å². The number of aliphatic hydroxyl groups is 1. The summed E-state index contributed by atoms with van der Waals surface area (Å²) in [6.07, 6.45) is -10.5. The van der Waals surface area contributed by atoms with E-state index in [4.69, 9.17) is 0 Å². The molecule has 2 heterocycles. The molecule has 206 valence electrons. The van der Waals surface area contributed by atoms with E-state index in [1.165, 1.54) is 38.1 Å². The first kappa shape index (κ1) is 27.8. The number of alkyl halides is 7. The van der Waals surface area contributed by atoms with Crippen molar-refractivity contribution >= 4 is 11.6 Å². The Morgan fingerprint density at radius 1 is 1.00 bits per heavy atom. The molecule has 2 aromatic rings. The molecule has 1 unspecified atom stereocenters. The van der Waals surface area contributed by atoms with Crippen LogP contribution in [0.3, 0.4) is 0 Å². The van der Waals surface area contributed by atoms with Crippen LogP contribution in [0.2, 0.25) is 0 Å². The third-order valence-corrected chi connectivity index (χ3v) is 6.26. The number of benzene rings is 2. The molecule has 1 saturated heterocycles. The molecule has 1 amide bonds. The molecule has 2 aliphatic rings. The predicted octanol–water partition coefficient (Wildman–Crippen LogP) is 5.10. The minimum Gasteiger partial charge on any atom is -0.381 e. The van der Waals surface area contributed by atoms with Gasteiger partial charge in [0.15, 0.2) is 17.3 Å². The summed E-state index contributed by atoms with van der Waals surface area (Å²) in [7, 11) is 0. The number of hydrogen-bond donors (Lipinski definition) is 2. The first-order chi connectivity index (χ1) is 17.3. The number of amides is 1. The maximum atomic E-state index is 15.2. The molecule has 0 bridgehead atoms. The van der Waals surface area contributed by atoms with Gasteiger partial charge in [-0.25, -0.2) is 13.2 Å². The number of rotatable bonds is 4. The quantitative estimate of drug-likeness (QED) is 0.517. The van der Waals surface area contributed by atoms with Crippen LogP contribution in [0.15, 0.2) is 42.5 Å². The lowest BCUT2D eigenvalue weighted by molar-refractivity contribution is -0.269. The second-order valence-corrected chi connectivity index (χ2v) is 9.58. The van der Waals surface area contributed by atoms with Gasteiger partial charge >= 0.3 is 12.4 Å². The van der Waals surface area contributed by atoms with Crippen molar-refractivity contribution in [3.05, 3.63) is 76.4 Å². The summed E-state index contributed by atoms with van der Waals surface area (Å²) in [6, 6.07) is 4.66. The maximum absolute atomic E-state index is 15.2. The molecule has 5 nitrogen and oxygen atoms in total. The first-order valence-corrected chi connectivity index (χ1v) is 10.9. The van der Waals surface area contributed by atoms with Crippen LogP contribution in [0.5, 0.6) is 0 Å². The Balaban J connectivity index is 1.65. The number of nitrogens with zero attached hydrogens (tertiary/aromatic N) is 1. The average Bonchev–Trinajstić information content (AvgIpc) is 3.24. The van der Waals surface area contributed by atoms with E-state index >= 15 is 4.39 Å². The molecule has 2 N–H and O–H groups in total. The highest BCUT2D eigenvalue weighted by molar-refractivity contribution is 5.85. The third kappa shape index (κ3) is 4.59. The van der Waals surface area contributed by atoms with Crippen LogP contribution in [0, 0.1) is 11.6 Å². The number of carbonyl (C=O) groups is 1. The van der Waals surface area contributed by atoms with Crippen LogP contribution in [0.25, 0.3) is 5.70 Å². The van der Waals surface area contributed by atoms with Crippen molar-refractivity contribution in [3.8, 4) is 0 Å².